The van der Waals surface area contributed by atoms with Gasteiger partial charge in [0.1, 0.15) is 12.4 Å². The zero-order valence-electron chi connectivity index (χ0n) is 13.4. The summed E-state index contributed by atoms with van der Waals surface area (Å²) in [7, 11) is 0. The van der Waals surface area contributed by atoms with Crippen LogP contribution >= 0.6 is 22.9 Å². The maximum atomic E-state index is 13.7. The van der Waals surface area contributed by atoms with Gasteiger partial charge in [-0.2, -0.15) is 0 Å². The van der Waals surface area contributed by atoms with Crippen molar-refractivity contribution in [3.8, 4) is 0 Å². The monoisotopic (exact) mass is 389 g/mol. The zero-order chi connectivity index (χ0) is 18.5. The average Bonchev–Trinajstić information content (AvgIpc) is 3.16. The fourth-order valence-corrected chi connectivity index (χ4v) is 3.02. The number of halogens is 2. The number of hydrogen-bond acceptors (Lipinski definition) is 4. The minimum absolute atomic E-state index is 0.127. The van der Waals surface area contributed by atoms with E-state index in [4.69, 9.17) is 16.3 Å². The molecule has 0 unspecified atom stereocenters. The molecule has 3 aromatic rings. The first kappa shape index (κ1) is 18.1. The molecule has 4 nitrogen and oxygen atoms in total. The predicted octanol–water partition coefficient (Wildman–Crippen LogP) is 5.15. The van der Waals surface area contributed by atoms with E-state index in [1.165, 1.54) is 41.7 Å². The van der Waals surface area contributed by atoms with Crippen LogP contribution in [0.5, 0.6) is 0 Å². The number of rotatable bonds is 5. The Morgan fingerprint density at radius 3 is 2.50 bits per heavy atom. The second kappa shape index (κ2) is 8.12. The van der Waals surface area contributed by atoms with E-state index in [-0.39, 0.29) is 28.7 Å². The minimum atomic E-state index is -0.611. The normalized spacial score (nSPS) is 10.4. The van der Waals surface area contributed by atoms with Gasteiger partial charge in [0.25, 0.3) is 5.91 Å². The van der Waals surface area contributed by atoms with Crippen LogP contribution in [-0.2, 0) is 11.3 Å². The lowest BCUT2D eigenvalue weighted by Gasteiger charge is -2.08. The van der Waals surface area contributed by atoms with Crippen molar-refractivity contribution in [1.82, 2.24) is 0 Å². The number of benzene rings is 2. The van der Waals surface area contributed by atoms with Crippen LogP contribution in [0.25, 0.3) is 0 Å². The topological polar surface area (TPSA) is 55.4 Å². The number of anilines is 1. The molecular weight excluding hydrogens is 377 g/mol. The fraction of sp³-hybridized carbons (Fsp3) is 0.0526. The Kier molecular flexibility index (Phi) is 5.65. The van der Waals surface area contributed by atoms with Gasteiger partial charge in [0, 0.05) is 11.3 Å². The molecule has 0 atom stereocenters. The van der Waals surface area contributed by atoms with E-state index in [0.29, 0.717) is 10.6 Å². The SMILES string of the molecule is O=C(OCc1c(F)cccc1Cl)c1ccc(NC(=O)c2cccs2)cc1. The van der Waals surface area contributed by atoms with Crippen molar-refractivity contribution in [2.45, 2.75) is 6.61 Å². The predicted molar refractivity (Wildman–Crippen MR) is 99.2 cm³/mol. The molecule has 1 N–H and O–H groups in total. The lowest BCUT2D eigenvalue weighted by atomic mass is 10.2. The molecule has 0 spiro atoms. The van der Waals surface area contributed by atoms with Gasteiger partial charge >= 0.3 is 5.97 Å². The highest BCUT2D eigenvalue weighted by atomic mass is 35.5. The standard InChI is InChI=1S/C19H13ClFNO3S/c20-15-3-1-4-16(21)14(15)11-25-19(24)12-6-8-13(9-7-12)22-18(23)17-5-2-10-26-17/h1-10H,11H2,(H,22,23). The molecule has 132 valence electrons. The molecule has 3 rings (SSSR count). The first-order valence-electron chi connectivity index (χ1n) is 7.59. The van der Waals surface area contributed by atoms with E-state index < -0.39 is 11.8 Å². The van der Waals surface area contributed by atoms with Gasteiger partial charge in [0.15, 0.2) is 0 Å². The van der Waals surface area contributed by atoms with Crippen LogP contribution in [0.15, 0.2) is 60.0 Å². The van der Waals surface area contributed by atoms with Crippen LogP contribution in [0.1, 0.15) is 25.6 Å². The Morgan fingerprint density at radius 2 is 1.85 bits per heavy atom. The molecular formula is C19H13ClFNO3S. The molecule has 1 aromatic heterocycles. The van der Waals surface area contributed by atoms with Crippen LogP contribution in [0.2, 0.25) is 5.02 Å². The van der Waals surface area contributed by atoms with E-state index in [9.17, 15) is 14.0 Å². The lowest BCUT2D eigenvalue weighted by Crippen LogP contribution is -2.10. The average molecular weight is 390 g/mol. The Morgan fingerprint density at radius 1 is 1.08 bits per heavy atom. The molecule has 0 bridgehead atoms. The molecule has 26 heavy (non-hydrogen) atoms. The Hall–Kier alpha value is -2.70. The molecule has 0 fully saturated rings. The van der Waals surface area contributed by atoms with E-state index in [1.54, 1.807) is 24.3 Å². The number of amides is 1. The maximum Gasteiger partial charge on any atom is 0.338 e. The summed E-state index contributed by atoms with van der Waals surface area (Å²) >= 11 is 7.24. The van der Waals surface area contributed by atoms with Crippen molar-refractivity contribution < 1.29 is 18.7 Å². The number of nitrogens with one attached hydrogen (secondary N) is 1. The summed E-state index contributed by atoms with van der Waals surface area (Å²) in [6, 6.07) is 14.0. The largest absolute Gasteiger partial charge is 0.457 e. The number of carbonyl (C=O) groups excluding carboxylic acids is 2. The molecule has 0 aliphatic carbocycles. The second-order valence-electron chi connectivity index (χ2n) is 5.29. The maximum absolute atomic E-state index is 13.7. The molecule has 0 saturated heterocycles. The lowest BCUT2D eigenvalue weighted by molar-refractivity contribution is 0.0469. The number of hydrogen-bond donors (Lipinski definition) is 1. The van der Waals surface area contributed by atoms with Crippen LogP contribution in [0, 0.1) is 5.82 Å². The molecule has 1 heterocycles. The molecule has 7 heteroatoms. The first-order valence-corrected chi connectivity index (χ1v) is 8.85. The van der Waals surface area contributed by atoms with Gasteiger partial charge in [-0.3, -0.25) is 4.79 Å². The van der Waals surface area contributed by atoms with Crippen molar-refractivity contribution in [3.63, 3.8) is 0 Å². The van der Waals surface area contributed by atoms with Crippen molar-refractivity contribution >= 4 is 40.5 Å². The number of thiophene rings is 1. The first-order chi connectivity index (χ1) is 12.5. The van der Waals surface area contributed by atoms with Crippen molar-refractivity contribution in [2.24, 2.45) is 0 Å². The van der Waals surface area contributed by atoms with Gasteiger partial charge in [0.05, 0.1) is 15.5 Å². The summed E-state index contributed by atoms with van der Waals surface area (Å²) in [6.07, 6.45) is 0. The minimum Gasteiger partial charge on any atom is -0.457 e. The van der Waals surface area contributed by atoms with E-state index in [0.717, 1.165) is 0 Å². The third-order valence-electron chi connectivity index (χ3n) is 3.53. The summed E-state index contributed by atoms with van der Waals surface area (Å²) < 4.78 is 18.8. The van der Waals surface area contributed by atoms with Gasteiger partial charge in [-0.1, -0.05) is 23.7 Å². The van der Waals surface area contributed by atoms with E-state index in [2.05, 4.69) is 5.32 Å². The number of esters is 1. The molecule has 0 radical (unpaired) electrons. The van der Waals surface area contributed by atoms with E-state index >= 15 is 0 Å². The highest BCUT2D eigenvalue weighted by molar-refractivity contribution is 7.12. The van der Waals surface area contributed by atoms with Crippen molar-refractivity contribution in [3.05, 3.63) is 86.8 Å². The van der Waals surface area contributed by atoms with Gasteiger partial charge in [-0.15, -0.1) is 11.3 Å². The van der Waals surface area contributed by atoms with E-state index in [1.807, 2.05) is 5.38 Å². The Labute approximate surface area is 158 Å². The Balaban J connectivity index is 1.61. The summed E-state index contributed by atoms with van der Waals surface area (Å²) in [4.78, 5) is 24.7. The molecule has 2 aromatic carbocycles. The molecule has 1 amide bonds. The number of carbonyl (C=O) groups is 2. The van der Waals surface area contributed by atoms with Crippen LogP contribution in [0.4, 0.5) is 10.1 Å². The summed E-state index contributed by atoms with van der Waals surface area (Å²) in [5.74, 6) is -1.36. The highest BCUT2D eigenvalue weighted by Gasteiger charge is 2.13. The van der Waals surface area contributed by atoms with Crippen molar-refractivity contribution in [2.75, 3.05) is 5.32 Å². The molecule has 0 saturated carbocycles. The van der Waals surface area contributed by atoms with Gasteiger partial charge in [-0.05, 0) is 47.8 Å². The summed E-state index contributed by atoms with van der Waals surface area (Å²) in [5, 5.41) is 4.75. The summed E-state index contributed by atoms with van der Waals surface area (Å²) in [5.41, 5.74) is 0.964. The molecule has 0 aliphatic rings. The van der Waals surface area contributed by atoms with Crippen LogP contribution in [0.3, 0.4) is 0 Å². The van der Waals surface area contributed by atoms with Gasteiger partial charge in [-0.25, -0.2) is 9.18 Å². The Bertz CT molecular complexity index is 906. The zero-order valence-corrected chi connectivity index (χ0v) is 14.9. The third-order valence-corrected chi connectivity index (χ3v) is 4.76. The van der Waals surface area contributed by atoms with Gasteiger partial charge < -0.3 is 10.1 Å². The van der Waals surface area contributed by atoms with Crippen molar-refractivity contribution in [1.29, 1.82) is 0 Å². The quantitative estimate of drug-likeness (QED) is 0.614. The third kappa shape index (κ3) is 4.28. The summed E-state index contributed by atoms with van der Waals surface area (Å²) in [6.45, 7) is -0.263. The molecule has 0 aliphatic heterocycles. The highest BCUT2D eigenvalue weighted by Crippen LogP contribution is 2.21. The smallest absolute Gasteiger partial charge is 0.338 e. The second-order valence-corrected chi connectivity index (χ2v) is 6.64. The number of ether oxygens (including phenoxy) is 1. The van der Waals surface area contributed by atoms with Crippen LogP contribution < -0.4 is 5.32 Å². The van der Waals surface area contributed by atoms with Crippen LogP contribution in [-0.4, -0.2) is 11.9 Å². The van der Waals surface area contributed by atoms with Gasteiger partial charge in [0.2, 0.25) is 0 Å². The fourth-order valence-electron chi connectivity index (χ4n) is 2.18.